The van der Waals surface area contributed by atoms with Crippen LogP contribution in [-0.2, 0) is 23.7 Å². The van der Waals surface area contributed by atoms with E-state index in [4.69, 9.17) is 18.9 Å². The van der Waals surface area contributed by atoms with Crippen LogP contribution in [0.3, 0.4) is 0 Å². The van der Waals surface area contributed by atoms with E-state index < -0.39 is 49.4 Å². The molecular formula is C47H80O9. The van der Waals surface area contributed by atoms with Gasteiger partial charge in [0.15, 0.2) is 6.29 Å². The molecule has 6 atom stereocenters. The van der Waals surface area contributed by atoms with Crippen LogP contribution in [-0.4, -0.2) is 89.6 Å². The molecule has 9 heteroatoms. The number of aliphatic hydroxyl groups is 4. The van der Waals surface area contributed by atoms with Crippen molar-refractivity contribution >= 4 is 5.97 Å². The van der Waals surface area contributed by atoms with Crippen molar-refractivity contribution in [1.29, 1.82) is 0 Å². The van der Waals surface area contributed by atoms with Crippen molar-refractivity contribution in [1.82, 2.24) is 0 Å². The molecule has 1 fully saturated rings. The molecule has 9 nitrogen and oxygen atoms in total. The first kappa shape index (κ1) is 51.6. The monoisotopic (exact) mass is 789 g/mol. The Hall–Kier alpha value is -2.37. The molecule has 1 saturated heterocycles. The molecule has 4 N–H and O–H groups in total. The smallest absolute Gasteiger partial charge is 0.310 e. The van der Waals surface area contributed by atoms with Gasteiger partial charge in [-0.25, -0.2) is 0 Å². The Morgan fingerprint density at radius 1 is 0.589 bits per heavy atom. The number of hydrogen-bond acceptors (Lipinski definition) is 9. The molecule has 0 bridgehead atoms. The topological polar surface area (TPSA) is 135 Å². The number of esters is 1. The van der Waals surface area contributed by atoms with Gasteiger partial charge in [-0.05, 0) is 64.2 Å². The number of ether oxygens (including phenoxy) is 4. The highest BCUT2D eigenvalue weighted by Crippen LogP contribution is 2.22. The maximum Gasteiger partial charge on any atom is 0.310 e. The van der Waals surface area contributed by atoms with E-state index >= 15 is 0 Å². The summed E-state index contributed by atoms with van der Waals surface area (Å²) in [5, 5.41) is 40.1. The summed E-state index contributed by atoms with van der Waals surface area (Å²) in [7, 11) is 0. The molecule has 0 aliphatic carbocycles. The van der Waals surface area contributed by atoms with Crippen molar-refractivity contribution in [3.05, 3.63) is 72.9 Å². The second kappa shape index (κ2) is 38.2. The SMILES string of the molecule is CC/C=C\C/C=C\C/C=C\C/C=C\C/C=C\CC(=O)OC(COCCCCCCCCCC/C=C\CCCCCCCC)COC1OC(CO)C(O)C(O)C1O. The second-order valence-corrected chi connectivity index (χ2v) is 14.8. The van der Waals surface area contributed by atoms with Gasteiger partial charge in [0.25, 0.3) is 0 Å². The molecule has 322 valence electrons. The first-order chi connectivity index (χ1) is 27.4. The summed E-state index contributed by atoms with van der Waals surface area (Å²) >= 11 is 0. The van der Waals surface area contributed by atoms with Gasteiger partial charge in [0.2, 0.25) is 0 Å². The maximum atomic E-state index is 12.7. The standard InChI is InChI=1S/C47H80O9/c1-3-5-7-9-11-13-15-17-19-20-21-23-25-27-29-31-33-35-37-53-39-41(40-54-47-46(52)45(51)44(50)42(38-48)56-47)55-43(49)36-34-32-30-28-26-24-22-18-16-14-12-10-8-6-4-2/h6,8,12,14,17-19,22,26,28,32,34,41-42,44-48,50-52H,3-5,7,9-11,13,15-16,20-21,23-25,27,29-31,33,35-40H2,1-2H3/b8-6-,14-12-,19-17-,22-18-,28-26-,34-32-. The fourth-order valence-electron chi connectivity index (χ4n) is 6.21. The van der Waals surface area contributed by atoms with E-state index in [1.807, 2.05) is 6.08 Å². The number of hydrogen-bond donors (Lipinski definition) is 4. The van der Waals surface area contributed by atoms with Gasteiger partial charge in [-0.3, -0.25) is 4.79 Å². The molecule has 1 heterocycles. The Labute approximate surface area is 340 Å². The first-order valence-electron chi connectivity index (χ1n) is 22.0. The Bertz CT molecular complexity index is 1080. The molecule has 0 radical (unpaired) electrons. The van der Waals surface area contributed by atoms with E-state index in [2.05, 4.69) is 74.6 Å². The summed E-state index contributed by atoms with van der Waals surface area (Å²) in [4.78, 5) is 12.7. The Balaban J connectivity index is 2.33. The zero-order valence-corrected chi connectivity index (χ0v) is 35.1. The molecule has 0 aromatic carbocycles. The van der Waals surface area contributed by atoms with Crippen LogP contribution in [0.25, 0.3) is 0 Å². The van der Waals surface area contributed by atoms with E-state index in [1.165, 1.54) is 83.5 Å². The number of carbonyl (C=O) groups excluding carboxylic acids is 1. The molecule has 0 aromatic rings. The third-order valence-corrected chi connectivity index (χ3v) is 9.64. The molecule has 56 heavy (non-hydrogen) atoms. The lowest BCUT2D eigenvalue weighted by atomic mass is 9.99. The van der Waals surface area contributed by atoms with E-state index in [0.717, 1.165) is 44.9 Å². The van der Waals surface area contributed by atoms with Gasteiger partial charge in [0, 0.05) is 6.61 Å². The third kappa shape index (κ3) is 28.9. The van der Waals surface area contributed by atoms with Crippen LogP contribution >= 0.6 is 0 Å². The minimum Gasteiger partial charge on any atom is -0.457 e. The molecule has 1 aliphatic heterocycles. The van der Waals surface area contributed by atoms with Crippen molar-refractivity contribution in [2.75, 3.05) is 26.4 Å². The molecule has 0 saturated carbocycles. The Morgan fingerprint density at radius 3 is 1.62 bits per heavy atom. The minimum atomic E-state index is -1.56. The summed E-state index contributed by atoms with van der Waals surface area (Å²) in [6.07, 6.45) is 42.4. The lowest BCUT2D eigenvalue weighted by Gasteiger charge is -2.39. The summed E-state index contributed by atoms with van der Waals surface area (Å²) in [5.74, 6) is -0.443. The number of carbonyl (C=O) groups is 1. The van der Waals surface area contributed by atoms with Crippen molar-refractivity contribution in [2.45, 2.75) is 192 Å². The van der Waals surface area contributed by atoms with Crippen LogP contribution in [0.2, 0.25) is 0 Å². The Kier molecular flexibility index (Phi) is 35.2. The van der Waals surface area contributed by atoms with Gasteiger partial charge in [0.1, 0.15) is 30.5 Å². The van der Waals surface area contributed by atoms with Gasteiger partial charge >= 0.3 is 5.97 Å². The van der Waals surface area contributed by atoms with Crippen molar-refractivity contribution in [2.24, 2.45) is 0 Å². The van der Waals surface area contributed by atoms with Gasteiger partial charge in [0.05, 0.1) is 26.2 Å². The second-order valence-electron chi connectivity index (χ2n) is 14.8. The van der Waals surface area contributed by atoms with Crippen LogP contribution in [0.1, 0.15) is 155 Å². The van der Waals surface area contributed by atoms with E-state index in [9.17, 15) is 25.2 Å². The van der Waals surface area contributed by atoms with Crippen LogP contribution < -0.4 is 0 Å². The number of rotatable bonds is 36. The van der Waals surface area contributed by atoms with Crippen molar-refractivity contribution in [3.63, 3.8) is 0 Å². The largest absolute Gasteiger partial charge is 0.457 e. The zero-order chi connectivity index (χ0) is 40.7. The zero-order valence-electron chi connectivity index (χ0n) is 35.1. The number of allylic oxidation sites excluding steroid dienone is 11. The predicted molar refractivity (Wildman–Crippen MR) is 228 cm³/mol. The van der Waals surface area contributed by atoms with E-state index in [-0.39, 0.29) is 19.6 Å². The number of unbranched alkanes of at least 4 members (excludes halogenated alkanes) is 14. The summed E-state index contributed by atoms with van der Waals surface area (Å²) in [6.45, 7) is 4.30. The van der Waals surface area contributed by atoms with E-state index in [1.54, 1.807) is 6.08 Å². The average Bonchev–Trinajstić information content (AvgIpc) is 3.20. The van der Waals surface area contributed by atoms with E-state index in [0.29, 0.717) is 13.0 Å². The molecule has 1 rings (SSSR count). The highest BCUT2D eigenvalue weighted by molar-refractivity contribution is 5.71. The molecule has 1 aliphatic rings. The van der Waals surface area contributed by atoms with Crippen molar-refractivity contribution < 1.29 is 44.2 Å². The first-order valence-corrected chi connectivity index (χ1v) is 22.0. The summed E-state index contributed by atoms with van der Waals surface area (Å²) in [6, 6.07) is 0. The molecule has 6 unspecified atom stereocenters. The third-order valence-electron chi connectivity index (χ3n) is 9.64. The summed E-state index contributed by atoms with van der Waals surface area (Å²) < 4.78 is 22.7. The van der Waals surface area contributed by atoms with Crippen LogP contribution in [0, 0.1) is 0 Å². The minimum absolute atomic E-state index is 0.0834. The predicted octanol–water partition coefficient (Wildman–Crippen LogP) is 9.69. The molecular weight excluding hydrogens is 709 g/mol. The normalized spacial score (nSPS) is 21.3. The quantitative estimate of drug-likeness (QED) is 0.0278. The van der Waals surface area contributed by atoms with Crippen LogP contribution in [0.4, 0.5) is 0 Å². The maximum absolute atomic E-state index is 12.7. The van der Waals surface area contributed by atoms with Gasteiger partial charge in [-0.15, -0.1) is 0 Å². The van der Waals surface area contributed by atoms with Crippen LogP contribution in [0.15, 0.2) is 72.9 Å². The summed E-state index contributed by atoms with van der Waals surface area (Å²) in [5.41, 5.74) is 0. The lowest BCUT2D eigenvalue weighted by molar-refractivity contribution is -0.305. The van der Waals surface area contributed by atoms with Crippen LogP contribution in [0.5, 0.6) is 0 Å². The van der Waals surface area contributed by atoms with Gasteiger partial charge in [-0.2, -0.15) is 0 Å². The molecule has 0 aromatic heterocycles. The van der Waals surface area contributed by atoms with Gasteiger partial charge < -0.3 is 39.4 Å². The van der Waals surface area contributed by atoms with Gasteiger partial charge in [-0.1, -0.05) is 157 Å². The highest BCUT2D eigenvalue weighted by atomic mass is 16.7. The number of aliphatic hydroxyl groups excluding tert-OH is 4. The fourth-order valence-corrected chi connectivity index (χ4v) is 6.21. The molecule has 0 amide bonds. The molecule has 0 spiro atoms. The van der Waals surface area contributed by atoms with Crippen molar-refractivity contribution in [3.8, 4) is 0 Å². The Morgan fingerprint density at radius 2 is 1.09 bits per heavy atom. The highest BCUT2D eigenvalue weighted by Gasteiger charge is 2.44. The average molecular weight is 789 g/mol. The fraction of sp³-hybridized carbons (Fsp3) is 0.723. The lowest BCUT2D eigenvalue weighted by Crippen LogP contribution is -2.59.